The van der Waals surface area contributed by atoms with E-state index in [4.69, 9.17) is 4.74 Å². The Balaban J connectivity index is 1.99. The normalized spacial score (nSPS) is 12.2. The van der Waals surface area contributed by atoms with Crippen LogP contribution in [-0.4, -0.2) is 12.1 Å². The summed E-state index contributed by atoms with van der Waals surface area (Å²) in [7, 11) is 1.63. The summed E-state index contributed by atoms with van der Waals surface area (Å²) >= 11 is 3.52. The molecule has 0 aliphatic carbocycles. The zero-order valence-electron chi connectivity index (χ0n) is 11.8. The summed E-state index contributed by atoms with van der Waals surface area (Å²) in [5.41, 5.74) is 2.45. The third-order valence-electron chi connectivity index (χ3n) is 3.22. The van der Waals surface area contributed by atoms with Gasteiger partial charge in [-0.2, -0.15) is 0 Å². The summed E-state index contributed by atoms with van der Waals surface area (Å²) in [6.07, 6.45) is 2.89. The molecule has 1 N–H and O–H groups in total. The lowest BCUT2D eigenvalue weighted by molar-refractivity contribution is 0.397. The summed E-state index contributed by atoms with van der Waals surface area (Å²) in [6.45, 7) is 2.98. The summed E-state index contributed by atoms with van der Waals surface area (Å²) in [4.78, 5) is 4.22. The quantitative estimate of drug-likeness (QED) is 0.863. The van der Waals surface area contributed by atoms with Crippen molar-refractivity contribution in [1.82, 2.24) is 10.3 Å². The van der Waals surface area contributed by atoms with E-state index in [0.717, 1.165) is 23.0 Å². The molecule has 1 heterocycles. The molecule has 1 aromatic carbocycles. The summed E-state index contributed by atoms with van der Waals surface area (Å²) in [5.74, 6) is 0.646. The molecule has 1 unspecified atom stereocenters. The highest BCUT2D eigenvalue weighted by Gasteiger charge is 2.09. The minimum absolute atomic E-state index is 0.342. The number of methoxy groups -OCH3 is 1. The van der Waals surface area contributed by atoms with Crippen LogP contribution in [0.5, 0.6) is 5.88 Å². The minimum atomic E-state index is 0.342. The molecular formula is C16H19BrN2O. The van der Waals surface area contributed by atoms with Gasteiger partial charge in [-0.25, -0.2) is 4.98 Å². The highest BCUT2D eigenvalue weighted by Crippen LogP contribution is 2.21. The van der Waals surface area contributed by atoms with Gasteiger partial charge in [-0.3, -0.25) is 0 Å². The van der Waals surface area contributed by atoms with Crippen molar-refractivity contribution < 1.29 is 4.74 Å². The summed E-state index contributed by atoms with van der Waals surface area (Å²) in [6, 6.07) is 12.7. The van der Waals surface area contributed by atoms with E-state index in [0.29, 0.717) is 11.9 Å². The number of ether oxygens (including phenoxy) is 1. The van der Waals surface area contributed by atoms with Crippen LogP contribution in [0.1, 0.15) is 30.5 Å². The Bertz CT molecular complexity index is 542. The van der Waals surface area contributed by atoms with Crippen molar-refractivity contribution in [3.63, 3.8) is 0 Å². The van der Waals surface area contributed by atoms with Gasteiger partial charge in [-0.1, -0.05) is 41.1 Å². The Morgan fingerprint density at radius 3 is 2.75 bits per heavy atom. The first-order chi connectivity index (χ1) is 9.72. The fraction of sp³-hybridized carbons (Fsp3) is 0.312. The molecule has 0 aliphatic rings. The van der Waals surface area contributed by atoms with Gasteiger partial charge in [0, 0.05) is 29.3 Å². The molecule has 20 heavy (non-hydrogen) atoms. The van der Waals surface area contributed by atoms with Crippen molar-refractivity contribution >= 4 is 15.9 Å². The summed E-state index contributed by atoms with van der Waals surface area (Å²) in [5, 5.41) is 3.57. The zero-order chi connectivity index (χ0) is 14.4. The Morgan fingerprint density at radius 1 is 1.30 bits per heavy atom. The topological polar surface area (TPSA) is 34.1 Å². The van der Waals surface area contributed by atoms with Crippen LogP contribution < -0.4 is 10.1 Å². The Kier molecular flexibility index (Phi) is 5.56. The van der Waals surface area contributed by atoms with Crippen molar-refractivity contribution in [1.29, 1.82) is 0 Å². The maximum Gasteiger partial charge on any atom is 0.212 e. The van der Waals surface area contributed by atoms with E-state index in [1.165, 1.54) is 5.56 Å². The van der Waals surface area contributed by atoms with Gasteiger partial charge in [0.05, 0.1) is 7.11 Å². The number of hydrogen-bond acceptors (Lipinski definition) is 3. The molecule has 0 aliphatic heterocycles. The molecule has 0 amide bonds. The molecule has 4 heteroatoms. The highest BCUT2D eigenvalue weighted by molar-refractivity contribution is 9.10. The number of hydrogen-bond donors (Lipinski definition) is 1. The maximum absolute atomic E-state index is 5.06. The predicted molar refractivity (Wildman–Crippen MR) is 84.8 cm³/mol. The summed E-state index contributed by atoms with van der Waals surface area (Å²) < 4.78 is 6.17. The van der Waals surface area contributed by atoms with Gasteiger partial charge in [0.15, 0.2) is 0 Å². The van der Waals surface area contributed by atoms with Gasteiger partial charge < -0.3 is 10.1 Å². The van der Waals surface area contributed by atoms with Crippen molar-refractivity contribution in [2.45, 2.75) is 25.9 Å². The van der Waals surface area contributed by atoms with E-state index in [1.807, 2.05) is 24.4 Å². The van der Waals surface area contributed by atoms with E-state index in [-0.39, 0.29) is 0 Å². The van der Waals surface area contributed by atoms with E-state index < -0.39 is 0 Å². The molecule has 3 nitrogen and oxygen atoms in total. The van der Waals surface area contributed by atoms with E-state index >= 15 is 0 Å². The van der Waals surface area contributed by atoms with Crippen molar-refractivity contribution in [2.75, 3.05) is 7.11 Å². The average Bonchev–Trinajstić information content (AvgIpc) is 2.48. The lowest BCUT2D eigenvalue weighted by Crippen LogP contribution is -2.20. The van der Waals surface area contributed by atoms with Gasteiger partial charge in [-0.15, -0.1) is 0 Å². The zero-order valence-corrected chi connectivity index (χ0v) is 13.4. The van der Waals surface area contributed by atoms with E-state index in [2.05, 4.69) is 51.4 Å². The van der Waals surface area contributed by atoms with Gasteiger partial charge in [0.2, 0.25) is 5.88 Å². The lowest BCUT2D eigenvalue weighted by atomic mass is 10.0. The molecular weight excluding hydrogens is 316 g/mol. The lowest BCUT2D eigenvalue weighted by Gasteiger charge is -2.17. The van der Waals surface area contributed by atoms with Crippen molar-refractivity contribution in [2.24, 2.45) is 0 Å². The first kappa shape index (κ1) is 15.0. The number of benzene rings is 1. The van der Waals surface area contributed by atoms with Gasteiger partial charge >= 0.3 is 0 Å². The molecule has 0 radical (unpaired) electrons. The van der Waals surface area contributed by atoms with Crippen LogP contribution in [0.25, 0.3) is 0 Å². The predicted octanol–water partition coefficient (Wildman–Crippen LogP) is 4.09. The number of rotatable bonds is 6. The number of aromatic nitrogens is 1. The second-order valence-corrected chi connectivity index (χ2v) is 5.52. The molecule has 0 fully saturated rings. The molecule has 0 saturated heterocycles. The van der Waals surface area contributed by atoms with Crippen LogP contribution in [0.3, 0.4) is 0 Å². The van der Waals surface area contributed by atoms with Gasteiger partial charge in [0.25, 0.3) is 0 Å². The Labute approximate surface area is 128 Å². The molecule has 0 spiro atoms. The number of halogens is 1. The first-order valence-electron chi connectivity index (χ1n) is 6.70. The second kappa shape index (κ2) is 7.41. The number of nitrogens with one attached hydrogen (secondary N) is 1. The van der Waals surface area contributed by atoms with Crippen LogP contribution in [-0.2, 0) is 6.54 Å². The van der Waals surface area contributed by atoms with Crippen LogP contribution in [0.4, 0.5) is 0 Å². The monoisotopic (exact) mass is 334 g/mol. The smallest absolute Gasteiger partial charge is 0.212 e. The van der Waals surface area contributed by atoms with Crippen molar-refractivity contribution in [3.05, 3.63) is 58.2 Å². The number of pyridine rings is 1. The van der Waals surface area contributed by atoms with Crippen LogP contribution >= 0.6 is 15.9 Å². The fourth-order valence-corrected chi connectivity index (χ4v) is 2.52. The largest absolute Gasteiger partial charge is 0.481 e. The molecule has 1 aromatic heterocycles. The molecule has 0 saturated carbocycles. The first-order valence-corrected chi connectivity index (χ1v) is 7.50. The average molecular weight is 335 g/mol. The highest BCUT2D eigenvalue weighted by atomic mass is 79.9. The van der Waals surface area contributed by atoms with Gasteiger partial charge in [0.1, 0.15) is 0 Å². The van der Waals surface area contributed by atoms with Crippen molar-refractivity contribution in [3.8, 4) is 5.88 Å². The van der Waals surface area contributed by atoms with Crippen LogP contribution in [0.2, 0.25) is 0 Å². The minimum Gasteiger partial charge on any atom is -0.481 e. The third-order valence-corrected chi connectivity index (χ3v) is 3.71. The van der Waals surface area contributed by atoms with E-state index in [1.54, 1.807) is 7.11 Å². The van der Waals surface area contributed by atoms with Crippen LogP contribution in [0, 0.1) is 0 Å². The molecule has 1 atom stereocenters. The van der Waals surface area contributed by atoms with Crippen LogP contribution in [0.15, 0.2) is 47.1 Å². The molecule has 2 aromatic rings. The molecule has 106 valence electrons. The van der Waals surface area contributed by atoms with E-state index in [9.17, 15) is 0 Å². The SMILES string of the molecule is CCC(NCc1ccc(OC)nc1)c1cccc(Br)c1. The Morgan fingerprint density at radius 2 is 2.15 bits per heavy atom. The number of nitrogens with zero attached hydrogens (tertiary/aromatic N) is 1. The Hall–Kier alpha value is -1.39. The second-order valence-electron chi connectivity index (χ2n) is 4.61. The molecule has 2 rings (SSSR count). The standard InChI is InChI=1S/C16H19BrN2O/c1-3-15(13-5-4-6-14(17)9-13)18-10-12-7-8-16(20-2)19-11-12/h4-9,11,15,18H,3,10H2,1-2H3. The molecule has 0 bridgehead atoms. The fourth-order valence-electron chi connectivity index (χ4n) is 2.10. The maximum atomic E-state index is 5.06. The van der Waals surface area contributed by atoms with Gasteiger partial charge in [-0.05, 0) is 29.7 Å². The third kappa shape index (κ3) is 4.05.